The molecule has 2 heteroatoms. The Morgan fingerprint density at radius 3 is 2.59 bits per heavy atom. The minimum Gasteiger partial charge on any atom is -0.312 e. The molecule has 0 aromatic heterocycles. The van der Waals surface area contributed by atoms with Gasteiger partial charge in [-0.05, 0) is 48.3 Å². The number of halogens is 1. The molecule has 17 heavy (non-hydrogen) atoms. The summed E-state index contributed by atoms with van der Waals surface area (Å²) in [6.07, 6.45) is 2.69. The van der Waals surface area contributed by atoms with Crippen molar-refractivity contribution in [2.75, 3.05) is 6.54 Å². The van der Waals surface area contributed by atoms with E-state index in [1.54, 1.807) is 6.07 Å². The van der Waals surface area contributed by atoms with E-state index in [9.17, 15) is 4.39 Å². The van der Waals surface area contributed by atoms with Crippen molar-refractivity contribution < 1.29 is 4.39 Å². The van der Waals surface area contributed by atoms with Crippen LogP contribution in [0.3, 0.4) is 0 Å². The highest BCUT2D eigenvalue weighted by molar-refractivity contribution is 5.23. The largest absolute Gasteiger partial charge is 0.312 e. The maximum atomic E-state index is 13.1. The molecule has 0 aliphatic heterocycles. The average Bonchev–Trinajstić information content (AvgIpc) is 3.04. The molecule has 1 nitrogen and oxygen atoms in total. The van der Waals surface area contributed by atoms with E-state index in [2.05, 4.69) is 19.2 Å². The molecule has 1 N–H and O–H groups in total. The SMILES string of the molecule is Cc1cc(CNCC2(C(C)C)CC2)ccc1F. The summed E-state index contributed by atoms with van der Waals surface area (Å²) in [5, 5.41) is 3.51. The Morgan fingerprint density at radius 2 is 2.06 bits per heavy atom. The van der Waals surface area contributed by atoms with E-state index in [1.165, 1.54) is 18.4 Å². The Hall–Kier alpha value is -0.890. The molecule has 0 atom stereocenters. The van der Waals surface area contributed by atoms with Crippen molar-refractivity contribution in [3.63, 3.8) is 0 Å². The van der Waals surface area contributed by atoms with Gasteiger partial charge in [0.05, 0.1) is 0 Å². The second-order valence-electron chi connectivity index (χ2n) is 5.70. The van der Waals surface area contributed by atoms with Crippen molar-refractivity contribution in [3.05, 3.63) is 35.1 Å². The molecule has 2 rings (SSSR count). The third kappa shape index (κ3) is 2.86. The van der Waals surface area contributed by atoms with Crippen molar-refractivity contribution >= 4 is 0 Å². The Labute approximate surface area is 103 Å². The number of aryl methyl sites for hydroxylation is 1. The fraction of sp³-hybridized carbons (Fsp3) is 0.600. The first-order valence-corrected chi connectivity index (χ1v) is 6.49. The molecule has 1 aliphatic carbocycles. The van der Waals surface area contributed by atoms with Crippen LogP contribution in [0.15, 0.2) is 18.2 Å². The molecule has 0 radical (unpaired) electrons. The highest BCUT2D eigenvalue weighted by Crippen LogP contribution is 2.51. The second kappa shape index (κ2) is 4.77. The number of hydrogen-bond acceptors (Lipinski definition) is 1. The zero-order valence-corrected chi connectivity index (χ0v) is 11.0. The quantitative estimate of drug-likeness (QED) is 0.821. The van der Waals surface area contributed by atoms with Gasteiger partial charge >= 0.3 is 0 Å². The first kappa shape index (κ1) is 12.6. The van der Waals surface area contributed by atoms with Crippen LogP contribution in [0.5, 0.6) is 0 Å². The zero-order chi connectivity index (χ0) is 12.5. The summed E-state index contributed by atoms with van der Waals surface area (Å²) in [7, 11) is 0. The Morgan fingerprint density at radius 1 is 1.35 bits per heavy atom. The maximum Gasteiger partial charge on any atom is 0.126 e. The monoisotopic (exact) mass is 235 g/mol. The highest BCUT2D eigenvalue weighted by atomic mass is 19.1. The molecule has 0 saturated heterocycles. The summed E-state index contributed by atoms with van der Waals surface area (Å²) in [6, 6.07) is 5.35. The molecular weight excluding hydrogens is 213 g/mol. The van der Waals surface area contributed by atoms with Crippen molar-refractivity contribution in [1.82, 2.24) is 5.32 Å². The molecule has 1 aromatic carbocycles. The first-order valence-electron chi connectivity index (χ1n) is 6.49. The van der Waals surface area contributed by atoms with Crippen LogP contribution < -0.4 is 5.32 Å². The summed E-state index contributed by atoms with van der Waals surface area (Å²) in [4.78, 5) is 0. The van der Waals surface area contributed by atoms with Crippen LogP contribution in [0.2, 0.25) is 0 Å². The smallest absolute Gasteiger partial charge is 0.126 e. The molecule has 0 bridgehead atoms. The molecule has 0 spiro atoms. The molecule has 94 valence electrons. The van der Waals surface area contributed by atoms with Crippen LogP contribution in [-0.4, -0.2) is 6.54 Å². The third-order valence-electron chi connectivity index (χ3n) is 4.15. The second-order valence-corrected chi connectivity index (χ2v) is 5.70. The summed E-state index contributed by atoms with van der Waals surface area (Å²) >= 11 is 0. The molecular formula is C15H22FN. The van der Waals surface area contributed by atoms with Gasteiger partial charge in [0.2, 0.25) is 0 Å². The van der Waals surface area contributed by atoms with Crippen molar-refractivity contribution in [2.45, 2.75) is 40.2 Å². The predicted octanol–water partition coefficient (Wildman–Crippen LogP) is 3.66. The van der Waals surface area contributed by atoms with Crippen molar-refractivity contribution in [1.29, 1.82) is 0 Å². The normalized spacial score (nSPS) is 17.5. The number of hydrogen-bond donors (Lipinski definition) is 1. The third-order valence-corrected chi connectivity index (χ3v) is 4.15. The molecule has 1 aliphatic rings. The van der Waals surface area contributed by atoms with Gasteiger partial charge in [-0.2, -0.15) is 0 Å². The van der Waals surface area contributed by atoms with Gasteiger partial charge in [0.15, 0.2) is 0 Å². The van der Waals surface area contributed by atoms with Crippen molar-refractivity contribution in [3.8, 4) is 0 Å². The molecule has 0 amide bonds. The Balaban J connectivity index is 1.84. The van der Waals surface area contributed by atoms with Gasteiger partial charge in [0.25, 0.3) is 0 Å². The van der Waals surface area contributed by atoms with Crippen LogP contribution in [0.25, 0.3) is 0 Å². The standard InChI is InChI=1S/C15H22FN/c1-11(2)15(6-7-15)10-17-9-13-4-5-14(16)12(3)8-13/h4-5,8,11,17H,6-7,9-10H2,1-3H3. The van der Waals surface area contributed by atoms with E-state index >= 15 is 0 Å². The number of benzene rings is 1. The predicted molar refractivity (Wildman–Crippen MR) is 69.3 cm³/mol. The lowest BCUT2D eigenvalue weighted by Gasteiger charge is -2.20. The van der Waals surface area contributed by atoms with E-state index in [0.717, 1.165) is 24.6 Å². The molecule has 0 unspecified atom stereocenters. The van der Waals surface area contributed by atoms with Crippen LogP contribution in [0.1, 0.15) is 37.8 Å². The van der Waals surface area contributed by atoms with E-state index in [1.807, 2.05) is 19.1 Å². The van der Waals surface area contributed by atoms with Gasteiger partial charge in [-0.3, -0.25) is 0 Å². The topological polar surface area (TPSA) is 12.0 Å². The highest BCUT2D eigenvalue weighted by Gasteiger charge is 2.44. The van der Waals surface area contributed by atoms with Gasteiger partial charge in [-0.25, -0.2) is 4.39 Å². The lowest BCUT2D eigenvalue weighted by molar-refractivity contribution is 0.338. The van der Waals surface area contributed by atoms with Gasteiger partial charge in [-0.1, -0.05) is 26.0 Å². The summed E-state index contributed by atoms with van der Waals surface area (Å²) < 4.78 is 13.1. The van der Waals surface area contributed by atoms with Gasteiger partial charge < -0.3 is 5.32 Å². The van der Waals surface area contributed by atoms with Gasteiger partial charge in [0, 0.05) is 13.1 Å². The lowest BCUT2D eigenvalue weighted by atomic mass is 9.92. The minimum absolute atomic E-state index is 0.116. The lowest BCUT2D eigenvalue weighted by Crippen LogP contribution is -2.27. The number of rotatable bonds is 5. The number of nitrogens with one attached hydrogen (secondary N) is 1. The first-order chi connectivity index (χ1) is 8.03. The van der Waals surface area contributed by atoms with Crippen LogP contribution in [0, 0.1) is 24.1 Å². The van der Waals surface area contributed by atoms with E-state index in [0.29, 0.717) is 5.41 Å². The molecule has 1 saturated carbocycles. The van der Waals surface area contributed by atoms with E-state index in [-0.39, 0.29) is 5.82 Å². The van der Waals surface area contributed by atoms with E-state index < -0.39 is 0 Å². The molecule has 1 fully saturated rings. The zero-order valence-electron chi connectivity index (χ0n) is 11.0. The van der Waals surface area contributed by atoms with Gasteiger partial charge in [0.1, 0.15) is 5.82 Å². The van der Waals surface area contributed by atoms with Crippen LogP contribution in [-0.2, 0) is 6.54 Å². The maximum absolute atomic E-state index is 13.1. The Kier molecular flexibility index (Phi) is 3.53. The summed E-state index contributed by atoms with van der Waals surface area (Å²) in [6.45, 7) is 8.35. The molecule has 0 heterocycles. The Bertz CT molecular complexity index is 394. The summed E-state index contributed by atoms with van der Waals surface area (Å²) in [5.74, 6) is 0.638. The fourth-order valence-electron chi connectivity index (χ4n) is 2.39. The van der Waals surface area contributed by atoms with Crippen LogP contribution >= 0.6 is 0 Å². The fourth-order valence-corrected chi connectivity index (χ4v) is 2.39. The minimum atomic E-state index is -0.116. The van der Waals surface area contributed by atoms with E-state index in [4.69, 9.17) is 0 Å². The van der Waals surface area contributed by atoms with Gasteiger partial charge in [-0.15, -0.1) is 0 Å². The molecule has 1 aromatic rings. The summed E-state index contributed by atoms with van der Waals surface area (Å²) in [5.41, 5.74) is 2.44. The van der Waals surface area contributed by atoms with Crippen molar-refractivity contribution in [2.24, 2.45) is 11.3 Å². The average molecular weight is 235 g/mol. The van der Waals surface area contributed by atoms with Crippen LogP contribution in [0.4, 0.5) is 4.39 Å².